The van der Waals surface area contributed by atoms with E-state index in [2.05, 4.69) is 4.98 Å². The van der Waals surface area contributed by atoms with E-state index in [4.69, 9.17) is 4.55 Å². The summed E-state index contributed by atoms with van der Waals surface area (Å²) >= 11 is 0. The Kier molecular flexibility index (Phi) is 5.86. The third-order valence-corrected chi connectivity index (χ3v) is 4.82. The number of nitrogens with zero attached hydrogens (tertiary/aromatic N) is 4. The maximum Gasteiger partial charge on any atom is 1.00 e. The van der Waals surface area contributed by atoms with Gasteiger partial charge >= 0.3 is 44.4 Å². The predicted octanol–water partition coefficient (Wildman–Crippen LogP) is -4.03. The molecule has 0 fully saturated rings. The Bertz CT molecular complexity index is 882. The molecular formula is C9H12N4NaO5S2+. The van der Waals surface area contributed by atoms with Crippen LogP contribution in [0.5, 0.6) is 0 Å². The molecule has 0 spiro atoms. The van der Waals surface area contributed by atoms with Crippen molar-refractivity contribution in [3.63, 3.8) is 0 Å². The minimum atomic E-state index is -4.12. The Morgan fingerprint density at radius 2 is 1.90 bits per heavy atom. The normalized spacial score (nSPS) is 11.6. The van der Waals surface area contributed by atoms with Crippen molar-refractivity contribution >= 4 is 31.1 Å². The molecule has 0 aliphatic heterocycles. The van der Waals surface area contributed by atoms with Crippen molar-refractivity contribution in [1.29, 1.82) is 0 Å². The van der Waals surface area contributed by atoms with E-state index in [0.717, 1.165) is 4.57 Å². The summed E-state index contributed by atoms with van der Waals surface area (Å²) in [4.78, 5) is 27.8. The van der Waals surface area contributed by atoms with Crippen LogP contribution < -0.4 is 40.8 Å². The largest absolute Gasteiger partial charge is 1.00 e. The molecule has 21 heavy (non-hydrogen) atoms. The molecule has 110 valence electrons. The van der Waals surface area contributed by atoms with Crippen molar-refractivity contribution in [2.75, 3.05) is 5.75 Å². The van der Waals surface area contributed by atoms with Gasteiger partial charge in [0.25, 0.3) is 5.56 Å². The fraction of sp³-hybridized carbons (Fsp3) is 0.444. The van der Waals surface area contributed by atoms with Crippen LogP contribution in [0.15, 0.2) is 15.9 Å². The van der Waals surface area contributed by atoms with Gasteiger partial charge in [0.1, 0.15) is 0 Å². The van der Waals surface area contributed by atoms with Crippen LogP contribution in [0.3, 0.4) is 0 Å². The van der Waals surface area contributed by atoms with Gasteiger partial charge in [0.05, 0.1) is 6.33 Å². The first kappa shape index (κ1) is 18.5. The van der Waals surface area contributed by atoms with Gasteiger partial charge < -0.3 is 4.57 Å². The minimum absolute atomic E-state index is 0. The SMILES string of the molecule is Cn1c(=O)c2c(ncn2CCSS(=O)(=O)O)n(C)c1=O.[Na+]. The van der Waals surface area contributed by atoms with Gasteiger partial charge in [-0.2, -0.15) is 8.42 Å². The molecule has 0 atom stereocenters. The molecule has 0 aliphatic rings. The summed E-state index contributed by atoms with van der Waals surface area (Å²) in [6.07, 6.45) is 1.36. The zero-order valence-electron chi connectivity index (χ0n) is 11.7. The molecule has 2 heterocycles. The van der Waals surface area contributed by atoms with E-state index in [1.165, 1.54) is 29.6 Å². The standard InChI is InChI=1S/C9H12N4O5S2.Na/c1-11-7-6(8(14)12(2)9(11)15)13(5-10-7)3-4-19-20(16,17)18;/h5H,3-4H2,1-2H3,(H,16,17,18);/q;+1. The number of fused-ring (bicyclic) bond motifs is 1. The van der Waals surface area contributed by atoms with Crippen LogP contribution in [-0.4, -0.2) is 37.4 Å². The Hall–Kier alpha value is -0.590. The number of hydrogen-bond acceptors (Lipinski definition) is 6. The monoisotopic (exact) mass is 343 g/mol. The molecule has 0 unspecified atom stereocenters. The smallest absolute Gasteiger partial charge is 0.324 e. The van der Waals surface area contributed by atoms with E-state index in [1.54, 1.807) is 0 Å². The van der Waals surface area contributed by atoms with Crippen LogP contribution in [0.1, 0.15) is 0 Å². The summed E-state index contributed by atoms with van der Waals surface area (Å²) in [5, 5.41) is 0. The quantitative estimate of drug-likeness (QED) is 0.341. The first-order valence-electron chi connectivity index (χ1n) is 5.45. The average molecular weight is 343 g/mol. The van der Waals surface area contributed by atoms with Crippen LogP contribution in [0, 0.1) is 0 Å². The van der Waals surface area contributed by atoms with Gasteiger partial charge in [-0.1, -0.05) is 0 Å². The second-order valence-corrected chi connectivity index (χ2v) is 7.54. The zero-order chi connectivity index (χ0) is 15.1. The molecule has 2 aromatic rings. The van der Waals surface area contributed by atoms with E-state index in [9.17, 15) is 18.0 Å². The average Bonchev–Trinajstić information content (AvgIpc) is 2.76. The first-order chi connectivity index (χ1) is 9.22. The van der Waals surface area contributed by atoms with Gasteiger partial charge in [0, 0.05) is 26.4 Å². The molecule has 2 aromatic heterocycles. The molecule has 12 heteroatoms. The summed E-state index contributed by atoms with van der Waals surface area (Å²) in [6.45, 7) is 0.161. The van der Waals surface area contributed by atoms with Crippen molar-refractivity contribution in [3.05, 3.63) is 27.2 Å². The fourth-order valence-corrected chi connectivity index (χ4v) is 3.14. The summed E-state index contributed by atoms with van der Waals surface area (Å²) in [7, 11) is -0.910. The third-order valence-electron chi connectivity index (χ3n) is 2.78. The first-order valence-corrected chi connectivity index (χ1v) is 8.39. The molecule has 0 saturated carbocycles. The van der Waals surface area contributed by atoms with Crippen LogP contribution in [0.4, 0.5) is 0 Å². The Morgan fingerprint density at radius 3 is 2.48 bits per heavy atom. The fourth-order valence-electron chi connectivity index (χ4n) is 1.81. The zero-order valence-corrected chi connectivity index (χ0v) is 15.3. The topological polar surface area (TPSA) is 116 Å². The van der Waals surface area contributed by atoms with Crippen molar-refractivity contribution < 1.29 is 42.5 Å². The third kappa shape index (κ3) is 3.79. The summed E-state index contributed by atoms with van der Waals surface area (Å²) < 4.78 is 33.5. The van der Waals surface area contributed by atoms with Gasteiger partial charge in [0.2, 0.25) is 0 Å². The van der Waals surface area contributed by atoms with Crippen LogP contribution in [-0.2, 0) is 29.8 Å². The van der Waals surface area contributed by atoms with Crippen molar-refractivity contribution in [1.82, 2.24) is 18.7 Å². The molecule has 0 radical (unpaired) electrons. The predicted molar refractivity (Wildman–Crippen MR) is 74.2 cm³/mol. The van der Waals surface area contributed by atoms with Crippen LogP contribution in [0.25, 0.3) is 11.2 Å². The van der Waals surface area contributed by atoms with Crippen molar-refractivity contribution in [2.24, 2.45) is 14.1 Å². The minimum Gasteiger partial charge on any atom is -0.324 e. The Balaban J connectivity index is 0.00000220. The number of hydrogen-bond donors (Lipinski definition) is 1. The summed E-state index contributed by atoms with van der Waals surface area (Å²) in [5.41, 5.74) is -0.544. The summed E-state index contributed by atoms with van der Waals surface area (Å²) in [6, 6.07) is 0. The van der Waals surface area contributed by atoms with E-state index in [-0.39, 0.29) is 53.0 Å². The van der Waals surface area contributed by atoms with E-state index in [1.807, 2.05) is 0 Å². The molecule has 0 saturated heterocycles. The van der Waals surface area contributed by atoms with Gasteiger partial charge in [-0.15, -0.1) is 0 Å². The molecule has 1 N–H and O–H groups in total. The number of aryl methyl sites for hydroxylation is 2. The molecular weight excluding hydrogens is 331 g/mol. The summed E-state index contributed by atoms with van der Waals surface area (Å²) in [5.74, 6) is 0.0519. The molecule has 9 nitrogen and oxygen atoms in total. The Labute approximate surface area is 145 Å². The maximum atomic E-state index is 12.1. The molecule has 0 bridgehead atoms. The molecule has 0 amide bonds. The van der Waals surface area contributed by atoms with Gasteiger partial charge in [-0.25, -0.2) is 9.78 Å². The van der Waals surface area contributed by atoms with Crippen LogP contribution in [0.2, 0.25) is 0 Å². The number of aromatic nitrogens is 4. The van der Waals surface area contributed by atoms with Crippen molar-refractivity contribution in [2.45, 2.75) is 6.54 Å². The van der Waals surface area contributed by atoms with E-state index >= 15 is 0 Å². The van der Waals surface area contributed by atoms with Crippen molar-refractivity contribution in [3.8, 4) is 0 Å². The van der Waals surface area contributed by atoms with E-state index in [0.29, 0.717) is 10.8 Å². The maximum absolute atomic E-state index is 12.1. The van der Waals surface area contributed by atoms with Gasteiger partial charge in [-0.05, 0) is 10.8 Å². The van der Waals surface area contributed by atoms with Gasteiger partial charge in [0.15, 0.2) is 11.2 Å². The van der Waals surface area contributed by atoms with Gasteiger partial charge in [-0.3, -0.25) is 18.5 Å². The number of rotatable bonds is 4. The van der Waals surface area contributed by atoms with Crippen LogP contribution >= 0.6 is 10.8 Å². The van der Waals surface area contributed by atoms with E-state index < -0.39 is 20.4 Å². The second-order valence-electron chi connectivity index (χ2n) is 4.07. The Morgan fingerprint density at radius 1 is 1.29 bits per heavy atom. The molecule has 0 aliphatic carbocycles. The second kappa shape index (κ2) is 6.67. The molecule has 2 rings (SSSR count). The number of imidazole rings is 1. The molecule has 0 aromatic carbocycles.